The summed E-state index contributed by atoms with van der Waals surface area (Å²) in [4.78, 5) is 28.1. The molecule has 1 aromatic heterocycles. The van der Waals surface area contributed by atoms with E-state index in [0.29, 0.717) is 13.0 Å². The molecule has 0 saturated carbocycles. The lowest BCUT2D eigenvalue weighted by atomic mass is 10.1. The highest BCUT2D eigenvalue weighted by atomic mass is 16.2. The summed E-state index contributed by atoms with van der Waals surface area (Å²) in [6.45, 7) is 2.53. The van der Waals surface area contributed by atoms with Gasteiger partial charge in [0.1, 0.15) is 0 Å². The molecule has 0 unspecified atom stereocenters. The molecule has 0 aliphatic carbocycles. The number of H-pyrrole nitrogens is 1. The zero-order valence-electron chi connectivity index (χ0n) is 12.0. The van der Waals surface area contributed by atoms with E-state index in [2.05, 4.69) is 11.9 Å². The van der Waals surface area contributed by atoms with Gasteiger partial charge in [-0.15, -0.1) is 0 Å². The third-order valence-corrected chi connectivity index (χ3v) is 3.41. The summed E-state index contributed by atoms with van der Waals surface area (Å²) >= 11 is 0. The first-order valence-corrected chi connectivity index (χ1v) is 6.96. The van der Waals surface area contributed by atoms with Crippen molar-refractivity contribution in [1.82, 2.24) is 9.88 Å². The van der Waals surface area contributed by atoms with Crippen LogP contribution < -0.4 is 5.56 Å². The third kappa shape index (κ3) is 3.26. The third-order valence-electron chi connectivity index (χ3n) is 3.41. The summed E-state index contributed by atoms with van der Waals surface area (Å²) in [7, 11) is 1.79. The van der Waals surface area contributed by atoms with Gasteiger partial charge in [0.2, 0.25) is 11.5 Å². The molecule has 106 valence electrons. The molecule has 0 aliphatic rings. The van der Waals surface area contributed by atoms with Gasteiger partial charge >= 0.3 is 0 Å². The van der Waals surface area contributed by atoms with Crippen LogP contribution in [0.3, 0.4) is 0 Å². The van der Waals surface area contributed by atoms with Crippen molar-refractivity contribution in [2.75, 3.05) is 7.05 Å². The van der Waals surface area contributed by atoms with Gasteiger partial charge in [-0.05, 0) is 18.1 Å². The van der Waals surface area contributed by atoms with Crippen molar-refractivity contribution < 1.29 is 4.79 Å². The summed E-state index contributed by atoms with van der Waals surface area (Å²) < 4.78 is 0. The van der Waals surface area contributed by atoms with Crippen molar-refractivity contribution in [3.8, 4) is 0 Å². The molecular weight excluding hydrogens is 252 g/mol. The van der Waals surface area contributed by atoms with E-state index in [4.69, 9.17) is 0 Å². The van der Waals surface area contributed by atoms with E-state index in [-0.39, 0.29) is 11.5 Å². The van der Waals surface area contributed by atoms with E-state index < -0.39 is 0 Å². The molecule has 0 radical (unpaired) electrons. The first-order chi connectivity index (χ1) is 9.61. The Morgan fingerprint density at radius 1 is 1.30 bits per heavy atom. The number of rotatable bonds is 5. The summed E-state index contributed by atoms with van der Waals surface area (Å²) in [5.41, 5.74) is 1.56. The van der Waals surface area contributed by atoms with Crippen molar-refractivity contribution in [2.24, 2.45) is 0 Å². The molecule has 1 amide bonds. The smallest absolute Gasteiger partial charge is 0.248 e. The average molecular weight is 272 g/mol. The number of benzene rings is 1. The minimum atomic E-state index is -0.131. The Hall–Kier alpha value is -2.10. The van der Waals surface area contributed by atoms with E-state index in [0.717, 1.165) is 29.3 Å². The van der Waals surface area contributed by atoms with E-state index >= 15 is 0 Å². The van der Waals surface area contributed by atoms with Gasteiger partial charge < -0.3 is 9.88 Å². The highest BCUT2D eigenvalue weighted by molar-refractivity contribution is 5.82. The zero-order valence-corrected chi connectivity index (χ0v) is 12.0. The number of hydrogen-bond acceptors (Lipinski definition) is 2. The van der Waals surface area contributed by atoms with Gasteiger partial charge in [0, 0.05) is 37.0 Å². The predicted octanol–water partition coefficient (Wildman–Crippen LogP) is 2.68. The average Bonchev–Trinajstić information content (AvgIpc) is 2.44. The van der Waals surface area contributed by atoms with Gasteiger partial charge in [-0.1, -0.05) is 31.5 Å². The summed E-state index contributed by atoms with van der Waals surface area (Å²) in [5, 5.41) is 0.988. The zero-order chi connectivity index (χ0) is 14.5. The van der Waals surface area contributed by atoms with Crippen molar-refractivity contribution >= 4 is 16.8 Å². The van der Waals surface area contributed by atoms with Crippen LogP contribution in [0.15, 0.2) is 35.1 Å². The largest absolute Gasteiger partial charge is 0.341 e. The number of carbonyl (C=O) groups is 1. The second-order valence-electron chi connectivity index (χ2n) is 5.06. The first kappa shape index (κ1) is 14.3. The fourth-order valence-corrected chi connectivity index (χ4v) is 2.27. The van der Waals surface area contributed by atoms with Gasteiger partial charge in [-0.25, -0.2) is 0 Å². The molecule has 0 spiro atoms. The van der Waals surface area contributed by atoms with Crippen LogP contribution >= 0.6 is 0 Å². The number of carbonyl (C=O) groups excluding carboxylic acids is 1. The molecule has 0 atom stereocenters. The fraction of sp³-hybridized carbons (Fsp3) is 0.375. The van der Waals surface area contributed by atoms with Crippen LogP contribution in [0.2, 0.25) is 0 Å². The molecular formula is C16H20N2O2. The number of aromatic nitrogens is 1. The molecule has 1 aromatic carbocycles. The van der Waals surface area contributed by atoms with Gasteiger partial charge in [0.25, 0.3) is 0 Å². The van der Waals surface area contributed by atoms with Crippen LogP contribution in [0, 0.1) is 0 Å². The summed E-state index contributed by atoms with van der Waals surface area (Å²) in [6, 6.07) is 9.23. The normalized spacial score (nSPS) is 10.7. The number of aromatic amines is 1. The molecule has 1 N–H and O–H groups in total. The number of amides is 1. The Morgan fingerprint density at radius 3 is 2.80 bits per heavy atom. The quantitative estimate of drug-likeness (QED) is 0.909. The number of pyridine rings is 1. The lowest BCUT2D eigenvalue weighted by Crippen LogP contribution is -2.26. The van der Waals surface area contributed by atoms with Crippen LogP contribution in [0.25, 0.3) is 10.9 Å². The van der Waals surface area contributed by atoms with Gasteiger partial charge in [0.05, 0.1) is 0 Å². The Balaban J connectivity index is 2.25. The lowest BCUT2D eigenvalue weighted by molar-refractivity contribution is -0.130. The van der Waals surface area contributed by atoms with Gasteiger partial charge in [-0.2, -0.15) is 0 Å². The number of nitrogens with zero attached hydrogens (tertiary/aromatic N) is 1. The number of para-hydroxylation sites is 1. The second kappa shape index (κ2) is 6.37. The van der Waals surface area contributed by atoms with Crippen molar-refractivity contribution in [3.63, 3.8) is 0 Å². The monoisotopic (exact) mass is 272 g/mol. The number of fused-ring (bicyclic) bond motifs is 1. The van der Waals surface area contributed by atoms with Crippen LogP contribution in [0.1, 0.15) is 31.7 Å². The molecule has 1 heterocycles. The molecule has 0 aliphatic heterocycles. The maximum absolute atomic E-state index is 12.0. The van der Waals surface area contributed by atoms with Gasteiger partial charge in [0.15, 0.2) is 0 Å². The van der Waals surface area contributed by atoms with Crippen LogP contribution in [-0.2, 0) is 11.3 Å². The van der Waals surface area contributed by atoms with Crippen molar-refractivity contribution in [2.45, 2.75) is 32.7 Å². The number of hydrogen-bond donors (Lipinski definition) is 1. The molecule has 0 bridgehead atoms. The van der Waals surface area contributed by atoms with Gasteiger partial charge in [-0.3, -0.25) is 9.59 Å². The van der Waals surface area contributed by atoms with Crippen LogP contribution in [-0.4, -0.2) is 22.8 Å². The van der Waals surface area contributed by atoms with Crippen LogP contribution in [0.5, 0.6) is 0 Å². The summed E-state index contributed by atoms with van der Waals surface area (Å²) in [5.74, 6) is 0.121. The molecule has 2 aromatic rings. The fourth-order valence-electron chi connectivity index (χ4n) is 2.27. The molecule has 20 heavy (non-hydrogen) atoms. The lowest BCUT2D eigenvalue weighted by Gasteiger charge is -2.18. The van der Waals surface area contributed by atoms with Crippen LogP contribution in [0.4, 0.5) is 0 Å². The second-order valence-corrected chi connectivity index (χ2v) is 5.06. The Bertz CT molecular complexity index is 661. The first-order valence-electron chi connectivity index (χ1n) is 6.96. The van der Waals surface area contributed by atoms with E-state index in [1.54, 1.807) is 18.0 Å². The predicted molar refractivity (Wildman–Crippen MR) is 80.6 cm³/mol. The molecule has 4 heteroatoms. The molecule has 2 rings (SSSR count). The van der Waals surface area contributed by atoms with Crippen molar-refractivity contribution in [1.29, 1.82) is 0 Å². The van der Waals surface area contributed by atoms with Crippen molar-refractivity contribution in [3.05, 3.63) is 46.2 Å². The molecule has 0 fully saturated rings. The maximum Gasteiger partial charge on any atom is 0.248 e. The topological polar surface area (TPSA) is 53.2 Å². The summed E-state index contributed by atoms with van der Waals surface area (Å²) in [6.07, 6.45) is 2.47. The standard InChI is InChI=1S/C16H20N2O2/c1-3-4-9-16(20)18(2)11-12-10-15(19)17-14-8-6-5-7-13(12)14/h5-8,10H,3-4,9,11H2,1-2H3,(H,17,19). The number of nitrogens with one attached hydrogen (secondary N) is 1. The maximum atomic E-state index is 12.0. The number of unbranched alkanes of at least 4 members (excludes halogenated alkanes) is 1. The van der Waals surface area contributed by atoms with E-state index in [9.17, 15) is 9.59 Å². The highest BCUT2D eigenvalue weighted by Gasteiger charge is 2.11. The SMILES string of the molecule is CCCCC(=O)N(C)Cc1cc(=O)[nH]c2ccccc12. The Morgan fingerprint density at radius 2 is 2.05 bits per heavy atom. The van der Waals surface area contributed by atoms with E-state index in [1.807, 2.05) is 24.3 Å². The molecule has 0 saturated heterocycles. The highest BCUT2D eigenvalue weighted by Crippen LogP contribution is 2.16. The minimum Gasteiger partial charge on any atom is -0.341 e. The van der Waals surface area contributed by atoms with E-state index in [1.165, 1.54) is 0 Å². The minimum absolute atomic E-state index is 0.121. The Kier molecular flexibility index (Phi) is 4.56. The Labute approximate surface area is 118 Å². The molecule has 4 nitrogen and oxygen atoms in total.